The molecule has 38 heavy (non-hydrogen) atoms. The van der Waals surface area contributed by atoms with E-state index < -0.39 is 0 Å². The van der Waals surface area contributed by atoms with Crippen molar-refractivity contribution in [2.75, 3.05) is 13.1 Å². The van der Waals surface area contributed by atoms with Crippen LogP contribution in [0, 0.1) is 11.8 Å². The maximum atomic E-state index is 14.3. The van der Waals surface area contributed by atoms with Crippen LogP contribution in [0.3, 0.4) is 0 Å². The lowest BCUT2D eigenvalue weighted by molar-refractivity contribution is -0.0658. The van der Waals surface area contributed by atoms with E-state index >= 15 is 0 Å². The molecule has 4 heteroatoms. The van der Waals surface area contributed by atoms with Gasteiger partial charge in [-0.15, -0.1) is 0 Å². The summed E-state index contributed by atoms with van der Waals surface area (Å²) in [7, 11) is 0. The topological polar surface area (TPSA) is 42.4 Å². The number of piperidine rings is 3. The number of hydrogen-bond donors (Lipinski definition) is 0. The van der Waals surface area contributed by atoms with E-state index in [1.54, 1.807) is 0 Å². The van der Waals surface area contributed by atoms with Crippen molar-refractivity contribution < 1.29 is 9.53 Å². The highest BCUT2D eigenvalue weighted by Gasteiger charge is 2.44. The second kappa shape index (κ2) is 9.52. The summed E-state index contributed by atoms with van der Waals surface area (Å²) in [6.07, 6.45) is 4.99. The maximum Gasteiger partial charge on any atom is 0.340 e. The third-order valence-corrected chi connectivity index (χ3v) is 9.01. The summed E-state index contributed by atoms with van der Waals surface area (Å²) >= 11 is 0. The SMILES string of the molecule is CCC1CN2CCC1CC2[C@@H](OC(=O)c1c2ccccc2cc2ccccc12)c1ccnc2ccccc12. The molecule has 1 aromatic heterocycles. The standard InChI is InChI=1S/C34H32N2O2/c1-2-22-21-36-18-16-23(22)20-31(36)33(29-15-17-35-30-14-8-7-13-28(29)30)38-34(37)32-26-11-5-3-9-24(26)19-25-10-4-6-12-27(25)32/h3-15,17,19,22-23,31,33H,2,16,18,20-21H2,1H3/t22?,23?,31?,33-/m0/s1. The van der Waals surface area contributed by atoms with E-state index in [2.05, 4.69) is 47.1 Å². The molecule has 0 radical (unpaired) electrons. The van der Waals surface area contributed by atoms with Crippen LogP contribution in [-0.4, -0.2) is 35.0 Å². The number of benzene rings is 4. The molecule has 3 aliphatic heterocycles. The first-order valence-corrected chi connectivity index (χ1v) is 13.9. The zero-order valence-electron chi connectivity index (χ0n) is 21.7. The van der Waals surface area contributed by atoms with Crippen molar-refractivity contribution in [2.45, 2.75) is 38.3 Å². The Morgan fingerprint density at radius 3 is 2.32 bits per heavy atom. The fraction of sp³-hybridized carbons (Fsp3) is 0.294. The quantitative estimate of drug-likeness (QED) is 0.184. The molecule has 8 rings (SSSR count). The van der Waals surface area contributed by atoms with Gasteiger partial charge in [-0.25, -0.2) is 4.79 Å². The minimum atomic E-state index is -0.367. The molecule has 0 saturated carbocycles. The van der Waals surface area contributed by atoms with Crippen LogP contribution >= 0.6 is 0 Å². The molecule has 2 bridgehead atoms. The number of hydrogen-bond acceptors (Lipinski definition) is 4. The first-order valence-electron chi connectivity index (χ1n) is 13.9. The molecule has 5 atom stereocenters. The van der Waals surface area contributed by atoms with Gasteiger partial charge in [0.1, 0.15) is 6.10 Å². The van der Waals surface area contributed by atoms with Crippen molar-refractivity contribution in [3.05, 3.63) is 102 Å². The number of fused-ring (bicyclic) bond motifs is 6. The molecule has 4 aromatic carbocycles. The van der Waals surface area contributed by atoms with Crippen molar-refractivity contribution in [1.29, 1.82) is 0 Å². The van der Waals surface area contributed by atoms with Crippen molar-refractivity contribution in [3.63, 3.8) is 0 Å². The summed E-state index contributed by atoms with van der Waals surface area (Å²) in [6, 6.07) is 28.8. The van der Waals surface area contributed by atoms with E-state index in [9.17, 15) is 4.79 Å². The largest absolute Gasteiger partial charge is 0.452 e. The number of pyridine rings is 1. The van der Waals surface area contributed by atoms with Crippen LogP contribution in [0.5, 0.6) is 0 Å². The van der Waals surface area contributed by atoms with Gasteiger partial charge in [0, 0.05) is 23.7 Å². The highest BCUT2D eigenvalue weighted by molar-refractivity contribution is 6.16. The highest BCUT2D eigenvalue weighted by atomic mass is 16.5. The van der Waals surface area contributed by atoms with E-state index in [1.165, 1.54) is 12.8 Å². The fourth-order valence-corrected chi connectivity index (χ4v) is 7.08. The Morgan fingerprint density at radius 2 is 1.63 bits per heavy atom. The first kappa shape index (κ1) is 23.4. The summed E-state index contributed by atoms with van der Waals surface area (Å²) in [6.45, 7) is 4.46. The number of aromatic nitrogens is 1. The Bertz CT molecular complexity index is 1600. The van der Waals surface area contributed by atoms with E-state index in [0.717, 1.165) is 63.4 Å². The smallest absolute Gasteiger partial charge is 0.340 e. The molecule has 4 unspecified atom stereocenters. The zero-order chi connectivity index (χ0) is 25.6. The first-order chi connectivity index (χ1) is 18.7. The number of esters is 1. The van der Waals surface area contributed by atoms with E-state index in [4.69, 9.17) is 4.74 Å². The van der Waals surface area contributed by atoms with Gasteiger partial charge in [0.05, 0.1) is 17.1 Å². The second-order valence-corrected chi connectivity index (χ2v) is 11.0. The van der Waals surface area contributed by atoms with Gasteiger partial charge in [-0.1, -0.05) is 80.1 Å². The Kier molecular flexibility index (Phi) is 5.85. The van der Waals surface area contributed by atoms with Crippen LogP contribution in [0.1, 0.15) is 48.2 Å². The molecule has 3 fully saturated rings. The molecular formula is C34H32N2O2. The molecule has 0 spiro atoms. The maximum absolute atomic E-state index is 14.3. The number of ether oxygens (including phenoxy) is 1. The lowest BCUT2D eigenvalue weighted by Crippen LogP contribution is -2.55. The Morgan fingerprint density at radius 1 is 0.947 bits per heavy atom. The van der Waals surface area contributed by atoms with Crippen LogP contribution in [-0.2, 0) is 4.74 Å². The van der Waals surface area contributed by atoms with E-state index in [0.29, 0.717) is 11.5 Å². The van der Waals surface area contributed by atoms with Gasteiger partial charge in [0.2, 0.25) is 0 Å². The predicted octanol–water partition coefficient (Wildman–Crippen LogP) is 7.56. The van der Waals surface area contributed by atoms with Crippen molar-refractivity contribution >= 4 is 38.4 Å². The molecule has 190 valence electrons. The average Bonchev–Trinajstić information content (AvgIpc) is 2.98. The molecule has 0 N–H and O–H groups in total. The van der Waals surface area contributed by atoms with Crippen LogP contribution in [0.25, 0.3) is 32.4 Å². The van der Waals surface area contributed by atoms with Gasteiger partial charge >= 0.3 is 5.97 Å². The lowest BCUT2D eigenvalue weighted by Gasteiger charge is -2.51. The van der Waals surface area contributed by atoms with Gasteiger partial charge in [0.15, 0.2) is 0 Å². The lowest BCUT2D eigenvalue weighted by atomic mass is 9.72. The van der Waals surface area contributed by atoms with Crippen molar-refractivity contribution in [3.8, 4) is 0 Å². The van der Waals surface area contributed by atoms with Gasteiger partial charge in [-0.3, -0.25) is 9.88 Å². The normalized spacial score (nSPS) is 23.6. The minimum absolute atomic E-state index is 0.160. The fourth-order valence-electron chi connectivity index (χ4n) is 7.08. The van der Waals surface area contributed by atoms with Crippen LogP contribution < -0.4 is 0 Å². The average molecular weight is 501 g/mol. The third kappa shape index (κ3) is 3.86. The number of nitrogens with zero attached hydrogens (tertiary/aromatic N) is 2. The van der Waals surface area contributed by atoms with Crippen LogP contribution in [0.15, 0.2) is 91.1 Å². The van der Waals surface area contributed by atoms with Gasteiger partial charge < -0.3 is 4.74 Å². The molecule has 3 aliphatic rings. The molecule has 4 nitrogen and oxygen atoms in total. The van der Waals surface area contributed by atoms with E-state index in [-0.39, 0.29) is 18.1 Å². The summed E-state index contributed by atoms with van der Waals surface area (Å²) in [5, 5.41) is 5.04. The van der Waals surface area contributed by atoms with Gasteiger partial charge in [-0.05, 0) is 71.0 Å². The Balaban J connectivity index is 1.36. The number of rotatable bonds is 5. The molecule has 3 saturated heterocycles. The molecule has 0 aliphatic carbocycles. The number of para-hydroxylation sites is 1. The van der Waals surface area contributed by atoms with E-state index in [1.807, 2.05) is 60.8 Å². The van der Waals surface area contributed by atoms with Gasteiger partial charge in [-0.2, -0.15) is 0 Å². The van der Waals surface area contributed by atoms with Crippen LogP contribution in [0.2, 0.25) is 0 Å². The zero-order valence-corrected chi connectivity index (χ0v) is 21.7. The monoisotopic (exact) mass is 500 g/mol. The third-order valence-electron chi connectivity index (χ3n) is 9.01. The number of carbonyl (C=O) groups is 1. The number of carbonyl (C=O) groups excluding carboxylic acids is 1. The Hall–Kier alpha value is -3.76. The Labute approximate surface area is 223 Å². The summed E-state index contributed by atoms with van der Waals surface area (Å²) in [4.78, 5) is 21.5. The van der Waals surface area contributed by atoms with Crippen molar-refractivity contribution in [1.82, 2.24) is 9.88 Å². The molecule has 4 heterocycles. The minimum Gasteiger partial charge on any atom is -0.452 e. The van der Waals surface area contributed by atoms with Crippen molar-refractivity contribution in [2.24, 2.45) is 11.8 Å². The van der Waals surface area contributed by atoms with Crippen LogP contribution in [0.4, 0.5) is 0 Å². The molecular weight excluding hydrogens is 468 g/mol. The molecule has 0 amide bonds. The predicted molar refractivity (Wildman–Crippen MR) is 153 cm³/mol. The summed E-state index contributed by atoms with van der Waals surface area (Å²) in [5.74, 6) is 1.16. The summed E-state index contributed by atoms with van der Waals surface area (Å²) < 4.78 is 6.70. The second-order valence-electron chi connectivity index (χ2n) is 11.0. The molecule has 5 aromatic rings. The van der Waals surface area contributed by atoms with Gasteiger partial charge in [0.25, 0.3) is 0 Å². The highest BCUT2D eigenvalue weighted by Crippen LogP contribution is 2.44. The summed E-state index contributed by atoms with van der Waals surface area (Å²) in [5.41, 5.74) is 2.65.